The standard InChI is InChI=1S/C23H23Cl2N3O4S2/c1-4-31-19-9-14(5-8-18(19)32-12-13(2)3)10-20-21(29)28(23(33)34-20)27-22(30)26-15-6-7-16(24)17(25)11-15/h5-11,13H,4,12H2,1-3H3,(H2,26,27,30)/b20-10-. The topological polar surface area (TPSA) is 79.9 Å². The second-order valence-electron chi connectivity index (χ2n) is 7.56. The Hall–Kier alpha value is -2.46. The largest absolute Gasteiger partial charge is 0.490 e. The number of nitrogens with zero attached hydrogens (tertiary/aromatic N) is 1. The maximum atomic E-state index is 12.9. The van der Waals surface area contributed by atoms with Crippen LogP contribution in [0.3, 0.4) is 0 Å². The molecule has 1 heterocycles. The van der Waals surface area contributed by atoms with Crippen molar-refractivity contribution in [3.05, 3.63) is 56.9 Å². The van der Waals surface area contributed by atoms with Gasteiger partial charge in [-0.3, -0.25) is 4.79 Å². The normalized spacial score (nSPS) is 14.6. The Morgan fingerprint density at radius 3 is 2.59 bits per heavy atom. The minimum atomic E-state index is -0.652. The molecular weight excluding hydrogens is 517 g/mol. The summed E-state index contributed by atoms with van der Waals surface area (Å²) in [7, 11) is 0. The van der Waals surface area contributed by atoms with E-state index in [0.29, 0.717) is 51.3 Å². The summed E-state index contributed by atoms with van der Waals surface area (Å²) < 4.78 is 11.7. The molecule has 11 heteroatoms. The Labute approximate surface area is 217 Å². The maximum Gasteiger partial charge on any atom is 0.338 e. The lowest BCUT2D eigenvalue weighted by Crippen LogP contribution is -2.46. The summed E-state index contributed by atoms with van der Waals surface area (Å²) in [5.74, 6) is 1.15. The first-order valence-electron chi connectivity index (χ1n) is 10.4. The number of carbonyl (C=O) groups excluding carboxylic acids is 2. The highest BCUT2D eigenvalue weighted by atomic mass is 35.5. The first-order valence-corrected chi connectivity index (χ1v) is 12.4. The van der Waals surface area contributed by atoms with E-state index >= 15 is 0 Å². The van der Waals surface area contributed by atoms with Gasteiger partial charge < -0.3 is 14.8 Å². The minimum Gasteiger partial charge on any atom is -0.490 e. The van der Waals surface area contributed by atoms with Gasteiger partial charge in [0.1, 0.15) is 0 Å². The highest BCUT2D eigenvalue weighted by molar-refractivity contribution is 8.26. The van der Waals surface area contributed by atoms with E-state index in [1.165, 1.54) is 6.07 Å². The van der Waals surface area contributed by atoms with Crippen molar-refractivity contribution in [2.45, 2.75) is 20.8 Å². The molecule has 2 aromatic rings. The lowest BCUT2D eigenvalue weighted by atomic mass is 10.1. The molecule has 34 heavy (non-hydrogen) atoms. The summed E-state index contributed by atoms with van der Waals surface area (Å²) in [5.41, 5.74) is 3.61. The summed E-state index contributed by atoms with van der Waals surface area (Å²) in [6.07, 6.45) is 1.69. The van der Waals surface area contributed by atoms with E-state index in [9.17, 15) is 9.59 Å². The molecule has 1 saturated heterocycles. The van der Waals surface area contributed by atoms with Gasteiger partial charge in [0.25, 0.3) is 5.91 Å². The molecule has 0 radical (unpaired) electrons. The molecule has 3 amide bonds. The van der Waals surface area contributed by atoms with Crippen LogP contribution < -0.4 is 20.2 Å². The number of thioether (sulfide) groups is 1. The van der Waals surface area contributed by atoms with Gasteiger partial charge in [-0.15, -0.1) is 0 Å². The van der Waals surface area contributed by atoms with Crippen LogP contribution in [0.2, 0.25) is 10.0 Å². The third-order valence-electron chi connectivity index (χ3n) is 4.32. The number of urea groups is 1. The number of hydrazine groups is 1. The van der Waals surface area contributed by atoms with Crippen molar-refractivity contribution in [3.63, 3.8) is 0 Å². The second kappa shape index (κ2) is 11.8. The number of anilines is 1. The monoisotopic (exact) mass is 539 g/mol. The van der Waals surface area contributed by atoms with E-state index < -0.39 is 11.9 Å². The van der Waals surface area contributed by atoms with Gasteiger partial charge in [-0.2, -0.15) is 5.01 Å². The van der Waals surface area contributed by atoms with Crippen LogP contribution >= 0.6 is 47.2 Å². The van der Waals surface area contributed by atoms with Crippen LogP contribution in [0.1, 0.15) is 26.3 Å². The summed E-state index contributed by atoms with van der Waals surface area (Å²) in [4.78, 5) is 25.6. The average Bonchev–Trinajstić information content (AvgIpc) is 3.03. The number of rotatable bonds is 8. The lowest BCUT2D eigenvalue weighted by molar-refractivity contribution is -0.123. The van der Waals surface area contributed by atoms with Gasteiger partial charge in [-0.05, 0) is 67.0 Å². The predicted octanol–water partition coefficient (Wildman–Crippen LogP) is 6.36. The van der Waals surface area contributed by atoms with Crippen LogP contribution in [0.4, 0.5) is 10.5 Å². The second-order valence-corrected chi connectivity index (χ2v) is 10.0. The fraction of sp³-hybridized carbons (Fsp3) is 0.261. The molecule has 1 aliphatic heterocycles. The van der Waals surface area contributed by atoms with Crippen molar-refractivity contribution >= 4 is 75.2 Å². The maximum absolute atomic E-state index is 12.9. The number of halogens is 2. The molecule has 0 aliphatic carbocycles. The Morgan fingerprint density at radius 1 is 1.15 bits per heavy atom. The van der Waals surface area contributed by atoms with Gasteiger partial charge in [0, 0.05) is 5.69 Å². The molecule has 180 valence electrons. The van der Waals surface area contributed by atoms with E-state index in [4.69, 9.17) is 44.9 Å². The first kappa shape index (κ1) is 26.2. The van der Waals surface area contributed by atoms with Crippen molar-refractivity contribution in [1.82, 2.24) is 10.4 Å². The van der Waals surface area contributed by atoms with E-state index in [1.54, 1.807) is 24.3 Å². The molecular formula is C23H23Cl2N3O4S2. The molecule has 0 aromatic heterocycles. The van der Waals surface area contributed by atoms with Crippen molar-refractivity contribution < 1.29 is 19.1 Å². The van der Waals surface area contributed by atoms with Crippen molar-refractivity contribution in [2.24, 2.45) is 5.92 Å². The third kappa shape index (κ3) is 6.79. The molecule has 0 atom stereocenters. The molecule has 0 saturated carbocycles. The Kier molecular flexibility index (Phi) is 9.07. The molecule has 3 rings (SSSR count). The fourth-order valence-electron chi connectivity index (χ4n) is 2.81. The van der Waals surface area contributed by atoms with Crippen LogP contribution in [0.15, 0.2) is 41.3 Å². The number of nitrogens with one attached hydrogen (secondary N) is 2. The van der Waals surface area contributed by atoms with Crippen LogP contribution in [0.25, 0.3) is 6.08 Å². The molecule has 2 N–H and O–H groups in total. The number of thiocarbonyl (C=S) groups is 1. The number of hydrogen-bond acceptors (Lipinski definition) is 6. The van der Waals surface area contributed by atoms with Crippen LogP contribution in [-0.4, -0.2) is 34.5 Å². The number of amides is 3. The smallest absolute Gasteiger partial charge is 0.338 e. The summed E-state index contributed by atoms with van der Waals surface area (Å²) in [6.45, 7) is 7.06. The molecule has 0 unspecified atom stereocenters. The quantitative estimate of drug-likeness (QED) is 0.300. The van der Waals surface area contributed by atoms with Gasteiger partial charge in [-0.1, -0.05) is 54.9 Å². The Bertz CT molecular complexity index is 1140. The zero-order valence-corrected chi connectivity index (χ0v) is 21.8. The molecule has 1 fully saturated rings. The van der Waals surface area contributed by atoms with Gasteiger partial charge in [0.2, 0.25) is 0 Å². The number of benzene rings is 2. The van der Waals surface area contributed by atoms with E-state index in [-0.39, 0.29) is 4.32 Å². The van der Waals surface area contributed by atoms with E-state index in [0.717, 1.165) is 22.3 Å². The third-order valence-corrected chi connectivity index (χ3v) is 6.36. The molecule has 0 bridgehead atoms. The Balaban J connectivity index is 1.71. The molecule has 7 nitrogen and oxygen atoms in total. The zero-order valence-electron chi connectivity index (χ0n) is 18.7. The highest BCUT2D eigenvalue weighted by Gasteiger charge is 2.33. The van der Waals surface area contributed by atoms with Crippen molar-refractivity contribution in [1.29, 1.82) is 0 Å². The molecule has 1 aliphatic rings. The summed E-state index contributed by atoms with van der Waals surface area (Å²) in [6, 6.07) is 9.42. The number of hydrogen-bond donors (Lipinski definition) is 2. The first-order chi connectivity index (χ1) is 16.2. The highest BCUT2D eigenvalue weighted by Crippen LogP contribution is 2.34. The number of ether oxygens (including phenoxy) is 2. The summed E-state index contributed by atoms with van der Waals surface area (Å²) in [5, 5.41) is 4.25. The van der Waals surface area contributed by atoms with Crippen LogP contribution in [0, 0.1) is 5.92 Å². The molecule has 0 spiro atoms. The Morgan fingerprint density at radius 2 is 1.91 bits per heavy atom. The van der Waals surface area contributed by atoms with Crippen molar-refractivity contribution in [2.75, 3.05) is 18.5 Å². The minimum absolute atomic E-state index is 0.197. The van der Waals surface area contributed by atoms with E-state index in [2.05, 4.69) is 24.6 Å². The SMILES string of the molecule is CCOc1cc(/C=C2\SC(=S)N(NC(=O)Nc3ccc(Cl)c(Cl)c3)C2=O)ccc1OCC(C)C. The van der Waals surface area contributed by atoms with Gasteiger partial charge in [-0.25, -0.2) is 10.2 Å². The predicted molar refractivity (Wildman–Crippen MR) is 142 cm³/mol. The lowest BCUT2D eigenvalue weighted by Gasteiger charge is -2.16. The molecule has 2 aromatic carbocycles. The van der Waals surface area contributed by atoms with Gasteiger partial charge in [0.05, 0.1) is 28.2 Å². The van der Waals surface area contributed by atoms with Crippen LogP contribution in [0.5, 0.6) is 11.5 Å². The van der Waals surface area contributed by atoms with Gasteiger partial charge >= 0.3 is 6.03 Å². The van der Waals surface area contributed by atoms with E-state index in [1.807, 2.05) is 19.1 Å². The average molecular weight is 540 g/mol. The van der Waals surface area contributed by atoms with Crippen molar-refractivity contribution in [3.8, 4) is 11.5 Å². The van der Waals surface area contributed by atoms with Crippen LogP contribution in [-0.2, 0) is 4.79 Å². The van der Waals surface area contributed by atoms with Gasteiger partial charge in [0.15, 0.2) is 15.8 Å². The fourth-order valence-corrected chi connectivity index (χ4v) is 4.29. The summed E-state index contributed by atoms with van der Waals surface area (Å²) >= 11 is 18.2. The zero-order chi connectivity index (χ0) is 24.8. The number of carbonyl (C=O) groups is 2.